The number of amides is 2. The highest BCUT2D eigenvalue weighted by atomic mass is 19.4. The SMILES string of the molecule is Cc1nc(N)ccc1CNC(=O)[C@H](C)NC(=O)[C@H]1C[C@@H](c2ccccc2)CCN1CCCCCC(=O)OOC(=O)C(F)(F)F. The topological polar surface area (TPSA) is 153 Å². The fourth-order valence-corrected chi connectivity index (χ4v) is 5.02. The number of hydrogen-bond acceptors (Lipinski definition) is 9. The number of halogens is 3. The van der Waals surface area contributed by atoms with Gasteiger partial charge in [0.15, 0.2) is 0 Å². The Morgan fingerprint density at radius 3 is 2.48 bits per heavy atom. The van der Waals surface area contributed by atoms with Crippen LogP contribution in [0.25, 0.3) is 0 Å². The monoisotopic (exact) mass is 621 g/mol. The number of likely N-dealkylation sites (tertiary alicyclic amines) is 1. The molecule has 0 spiro atoms. The number of aryl methyl sites for hydroxylation is 1. The van der Waals surface area contributed by atoms with Crippen molar-refractivity contribution in [2.75, 3.05) is 18.8 Å². The number of carbonyl (C=O) groups excluding carboxylic acids is 4. The minimum Gasteiger partial charge on any atom is -0.384 e. The molecule has 2 heterocycles. The average molecular weight is 622 g/mol. The number of nitrogens with zero attached hydrogens (tertiary/aromatic N) is 2. The van der Waals surface area contributed by atoms with E-state index in [0.29, 0.717) is 50.3 Å². The molecule has 1 fully saturated rings. The summed E-state index contributed by atoms with van der Waals surface area (Å²) in [5, 5.41) is 5.67. The Balaban J connectivity index is 1.52. The van der Waals surface area contributed by atoms with E-state index in [1.165, 1.54) is 0 Å². The number of anilines is 1. The first-order valence-electron chi connectivity index (χ1n) is 14.4. The van der Waals surface area contributed by atoms with Gasteiger partial charge >= 0.3 is 18.1 Å². The van der Waals surface area contributed by atoms with Crippen molar-refractivity contribution in [3.05, 3.63) is 59.3 Å². The molecule has 1 aromatic heterocycles. The lowest BCUT2D eigenvalue weighted by Crippen LogP contribution is -2.55. The molecule has 0 saturated carbocycles. The van der Waals surface area contributed by atoms with Crippen LogP contribution < -0.4 is 16.4 Å². The second kappa shape index (κ2) is 16.0. The number of carbonyl (C=O) groups is 4. The van der Waals surface area contributed by atoms with Gasteiger partial charge in [-0.2, -0.15) is 13.2 Å². The zero-order valence-corrected chi connectivity index (χ0v) is 24.7. The molecule has 4 N–H and O–H groups in total. The molecular weight excluding hydrogens is 583 g/mol. The highest BCUT2D eigenvalue weighted by Gasteiger charge is 2.43. The van der Waals surface area contributed by atoms with E-state index in [-0.39, 0.29) is 30.7 Å². The second-order valence-electron chi connectivity index (χ2n) is 10.7. The number of nitrogens with one attached hydrogen (secondary N) is 2. The lowest BCUT2D eigenvalue weighted by atomic mass is 9.84. The van der Waals surface area contributed by atoms with Crippen LogP contribution in [0.5, 0.6) is 0 Å². The Kier molecular flexibility index (Phi) is 12.5. The van der Waals surface area contributed by atoms with E-state index >= 15 is 0 Å². The first-order valence-corrected chi connectivity index (χ1v) is 14.4. The van der Waals surface area contributed by atoms with Crippen LogP contribution in [0.4, 0.5) is 19.0 Å². The molecule has 14 heteroatoms. The molecule has 1 aliphatic rings. The molecule has 2 amide bonds. The van der Waals surface area contributed by atoms with Crippen molar-refractivity contribution in [2.45, 2.75) is 83.1 Å². The molecule has 1 aliphatic heterocycles. The third-order valence-corrected chi connectivity index (χ3v) is 7.48. The Morgan fingerprint density at radius 1 is 1.07 bits per heavy atom. The van der Waals surface area contributed by atoms with Crippen molar-refractivity contribution in [1.82, 2.24) is 20.5 Å². The summed E-state index contributed by atoms with van der Waals surface area (Å²) in [7, 11) is 0. The van der Waals surface area contributed by atoms with Crippen molar-refractivity contribution in [1.29, 1.82) is 0 Å². The number of aromatic nitrogens is 1. The van der Waals surface area contributed by atoms with Crippen LogP contribution in [0.2, 0.25) is 0 Å². The summed E-state index contributed by atoms with van der Waals surface area (Å²) in [6.45, 7) is 4.82. The molecule has 2 aromatic rings. The maximum absolute atomic E-state index is 13.5. The smallest absolute Gasteiger partial charge is 0.384 e. The number of piperidine rings is 1. The number of benzene rings is 1. The number of hydrogen-bond donors (Lipinski definition) is 3. The Morgan fingerprint density at radius 2 is 1.80 bits per heavy atom. The van der Waals surface area contributed by atoms with E-state index in [0.717, 1.165) is 17.5 Å². The van der Waals surface area contributed by atoms with Gasteiger partial charge in [-0.05, 0) is 75.7 Å². The van der Waals surface area contributed by atoms with Gasteiger partial charge in [-0.1, -0.05) is 42.8 Å². The lowest BCUT2D eigenvalue weighted by molar-refractivity contribution is -0.285. The molecule has 0 aliphatic carbocycles. The van der Waals surface area contributed by atoms with Gasteiger partial charge in [-0.25, -0.2) is 24.3 Å². The normalized spacial score (nSPS) is 17.8. The quantitative estimate of drug-likeness (QED) is 0.184. The molecule has 11 nitrogen and oxygen atoms in total. The molecular formula is C30H38F3N5O6. The van der Waals surface area contributed by atoms with Crippen molar-refractivity contribution in [3.63, 3.8) is 0 Å². The number of nitrogens with two attached hydrogens (primary N) is 1. The summed E-state index contributed by atoms with van der Waals surface area (Å²) in [6, 6.07) is 12.1. The molecule has 44 heavy (non-hydrogen) atoms. The van der Waals surface area contributed by atoms with Crippen LogP contribution >= 0.6 is 0 Å². The zero-order valence-electron chi connectivity index (χ0n) is 24.7. The van der Waals surface area contributed by atoms with E-state index in [9.17, 15) is 32.3 Å². The largest absolute Gasteiger partial charge is 0.495 e. The van der Waals surface area contributed by atoms with E-state index in [2.05, 4.69) is 25.4 Å². The molecule has 0 unspecified atom stereocenters. The first kappa shape index (κ1) is 34.3. The molecule has 1 saturated heterocycles. The Hall–Kier alpha value is -4.20. The summed E-state index contributed by atoms with van der Waals surface area (Å²) in [4.78, 5) is 62.2. The fourth-order valence-electron chi connectivity index (χ4n) is 5.02. The maximum Gasteiger partial charge on any atom is 0.495 e. The van der Waals surface area contributed by atoms with E-state index in [4.69, 9.17) is 5.73 Å². The number of pyridine rings is 1. The van der Waals surface area contributed by atoms with Crippen LogP contribution in [-0.4, -0.2) is 65.0 Å². The van der Waals surface area contributed by atoms with Crippen LogP contribution in [0.3, 0.4) is 0 Å². The molecule has 0 radical (unpaired) electrons. The second-order valence-corrected chi connectivity index (χ2v) is 10.7. The van der Waals surface area contributed by atoms with Gasteiger partial charge in [-0.3, -0.25) is 14.5 Å². The summed E-state index contributed by atoms with van der Waals surface area (Å²) in [5.41, 5.74) is 8.34. The third kappa shape index (κ3) is 10.5. The number of alkyl halides is 3. The standard InChI is InChI=1S/C30H38F3N5O6/c1-19-23(12-13-25(34)36-19)18-35-27(40)20(2)37-28(41)24-17-22(21-9-5-3-6-10-21)14-16-38(24)15-8-4-7-11-26(39)43-44-29(42)30(31,32)33/h3,5-6,9-10,12-13,20,22,24H,4,7-8,11,14-18H2,1-2H3,(H2,34,36)(H,35,40)(H,37,41)/t20-,22-,24+/m0/s1. The van der Waals surface area contributed by atoms with E-state index < -0.39 is 30.2 Å². The lowest BCUT2D eigenvalue weighted by Gasteiger charge is -2.39. The first-order chi connectivity index (χ1) is 20.8. The van der Waals surface area contributed by atoms with Crippen LogP contribution in [0, 0.1) is 6.92 Å². The zero-order chi connectivity index (χ0) is 32.3. The van der Waals surface area contributed by atoms with Crippen molar-refractivity contribution >= 4 is 29.6 Å². The number of rotatable bonds is 12. The number of unbranched alkanes of at least 4 members (excludes halogenated alkanes) is 2. The van der Waals surface area contributed by atoms with Gasteiger partial charge in [0.05, 0.1) is 12.5 Å². The molecule has 0 bridgehead atoms. The van der Waals surface area contributed by atoms with Gasteiger partial charge in [0.2, 0.25) is 11.8 Å². The highest BCUT2D eigenvalue weighted by molar-refractivity contribution is 5.89. The van der Waals surface area contributed by atoms with Gasteiger partial charge in [0.25, 0.3) is 0 Å². The summed E-state index contributed by atoms with van der Waals surface area (Å²) in [6.07, 6.45) is -2.70. The van der Waals surface area contributed by atoms with Gasteiger partial charge in [0, 0.05) is 12.2 Å². The summed E-state index contributed by atoms with van der Waals surface area (Å²) in [5.74, 6) is -3.76. The van der Waals surface area contributed by atoms with Crippen molar-refractivity contribution < 1.29 is 42.1 Å². The van der Waals surface area contributed by atoms with E-state index in [1.54, 1.807) is 26.0 Å². The Labute approximate surface area is 253 Å². The van der Waals surface area contributed by atoms with Crippen LogP contribution in [0.1, 0.15) is 68.2 Å². The molecule has 3 rings (SSSR count). The Bertz CT molecular complexity index is 1290. The summed E-state index contributed by atoms with van der Waals surface area (Å²) >= 11 is 0. The predicted molar refractivity (Wildman–Crippen MR) is 153 cm³/mol. The minimum absolute atomic E-state index is 0.155. The predicted octanol–water partition coefficient (Wildman–Crippen LogP) is 3.47. The van der Waals surface area contributed by atoms with Gasteiger partial charge in [0.1, 0.15) is 11.9 Å². The van der Waals surface area contributed by atoms with Crippen molar-refractivity contribution in [3.8, 4) is 0 Å². The van der Waals surface area contributed by atoms with E-state index in [1.807, 2.05) is 35.2 Å². The highest BCUT2D eigenvalue weighted by Crippen LogP contribution is 2.32. The number of nitrogen functional groups attached to an aromatic ring is 1. The molecule has 3 atom stereocenters. The van der Waals surface area contributed by atoms with Crippen LogP contribution in [-0.2, 0) is 35.5 Å². The molecule has 240 valence electrons. The maximum atomic E-state index is 13.5. The summed E-state index contributed by atoms with van der Waals surface area (Å²) < 4.78 is 36.4. The average Bonchev–Trinajstić information content (AvgIpc) is 2.99. The van der Waals surface area contributed by atoms with Crippen LogP contribution in [0.15, 0.2) is 42.5 Å². The van der Waals surface area contributed by atoms with Crippen molar-refractivity contribution in [2.24, 2.45) is 0 Å². The van der Waals surface area contributed by atoms with Gasteiger partial charge < -0.3 is 16.4 Å². The molecule has 1 aromatic carbocycles. The fraction of sp³-hybridized carbons (Fsp3) is 0.500. The van der Waals surface area contributed by atoms with Gasteiger partial charge in [-0.15, -0.1) is 0 Å². The minimum atomic E-state index is -5.26. The third-order valence-electron chi connectivity index (χ3n) is 7.48.